The molecule has 0 fully saturated rings. The molecule has 0 atom stereocenters. The Hall–Kier alpha value is -0.900. The fraction of sp³-hybridized carbons (Fsp3) is 0.429. The van der Waals surface area contributed by atoms with E-state index < -0.39 is 0 Å². The van der Waals surface area contributed by atoms with Gasteiger partial charge < -0.3 is 10.2 Å². The number of hydrogen-bond donors (Lipinski definition) is 1. The van der Waals surface area contributed by atoms with E-state index in [0.717, 1.165) is 26.1 Å². The molecular weight excluding hydrogens is 228 g/mol. The quantitative estimate of drug-likeness (QED) is 0.845. The second-order valence-electron chi connectivity index (χ2n) is 4.41. The molecule has 0 saturated carbocycles. The van der Waals surface area contributed by atoms with Gasteiger partial charge in [0, 0.05) is 24.3 Å². The first-order valence-corrected chi connectivity index (χ1v) is 6.97. The molecule has 2 nitrogen and oxygen atoms in total. The van der Waals surface area contributed by atoms with Gasteiger partial charge in [0.25, 0.3) is 0 Å². The van der Waals surface area contributed by atoms with Gasteiger partial charge >= 0.3 is 0 Å². The second kappa shape index (κ2) is 6.15. The van der Waals surface area contributed by atoms with E-state index in [1.165, 1.54) is 15.6 Å². The zero-order chi connectivity index (χ0) is 12.1. The molecular formula is C14H20N2S. The Balaban J connectivity index is 1.95. The molecule has 17 heavy (non-hydrogen) atoms. The first kappa shape index (κ1) is 12.6. The van der Waals surface area contributed by atoms with Crippen molar-refractivity contribution in [2.75, 3.05) is 33.7 Å². The van der Waals surface area contributed by atoms with E-state index in [-0.39, 0.29) is 0 Å². The van der Waals surface area contributed by atoms with Crippen molar-refractivity contribution < 1.29 is 0 Å². The number of benzene rings is 1. The molecule has 0 bridgehead atoms. The SMILES string of the molecule is CNCCN(C)CCc1csc2ccccc12. The fourth-order valence-electron chi connectivity index (χ4n) is 1.95. The topological polar surface area (TPSA) is 15.3 Å². The Kier molecular flexibility index (Phi) is 4.54. The number of fused-ring (bicyclic) bond motifs is 1. The van der Waals surface area contributed by atoms with E-state index in [1.54, 1.807) is 0 Å². The van der Waals surface area contributed by atoms with E-state index in [1.807, 2.05) is 18.4 Å². The van der Waals surface area contributed by atoms with Crippen LogP contribution in [0, 0.1) is 0 Å². The van der Waals surface area contributed by atoms with Crippen LogP contribution in [0.4, 0.5) is 0 Å². The lowest BCUT2D eigenvalue weighted by molar-refractivity contribution is 0.340. The number of nitrogens with one attached hydrogen (secondary N) is 1. The van der Waals surface area contributed by atoms with Crippen molar-refractivity contribution in [3.8, 4) is 0 Å². The van der Waals surface area contributed by atoms with E-state index in [4.69, 9.17) is 0 Å². The van der Waals surface area contributed by atoms with Crippen molar-refractivity contribution in [3.05, 3.63) is 35.2 Å². The summed E-state index contributed by atoms with van der Waals surface area (Å²) >= 11 is 1.85. The molecule has 0 radical (unpaired) electrons. The van der Waals surface area contributed by atoms with Crippen molar-refractivity contribution in [1.29, 1.82) is 0 Å². The lowest BCUT2D eigenvalue weighted by atomic mass is 10.1. The van der Waals surface area contributed by atoms with Crippen molar-refractivity contribution in [1.82, 2.24) is 10.2 Å². The van der Waals surface area contributed by atoms with Gasteiger partial charge in [-0.1, -0.05) is 18.2 Å². The molecule has 2 rings (SSSR count). The van der Waals surface area contributed by atoms with Crippen LogP contribution in [0.5, 0.6) is 0 Å². The Labute approximate surface area is 107 Å². The summed E-state index contributed by atoms with van der Waals surface area (Å²) in [6, 6.07) is 8.67. The van der Waals surface area contributed by atoms with Crippen LogP contribution >= 0.6 is 11.3 Å². The molecule has 3 heteroatoms. The third-order valence-corrected chi connectivity index (χ3v) is 4.08. The molecule has 1 aromatic heterocycles. The summed E-state index contributed by atoms with van der Waals surface area (Å²) in [5.74, 6) is 0. The summed E-state index contributed by atoms with van der Waals surface area (Å²) in [6.45, 7) is 3.29. The van der Waals surface area contributed by atoms with Crippen LogP contribution in [-0.4, -0.2) is 38.6 Å². The van der Waals surface area contributed by atoms with Crippen molar-refractivity contribution in [2.24, 2.45) is 0 Å². The molecule has 0 saturated heterocycles. The van der Waals surface area contributed by atoms with Gasteiger partial charge in [-0.25, -0.2) is 0 Å². The maximum Gasteiger partial charge on any atom is 0.0345 e. The van der Waals surface area contributed by atoms with Gasteiger partial charge in [-0.3, -0.25) is 0 Å². The van der Waals surface area contributed by atoms with Crippen LogP contribution in [0.1, 0.15) is 5.56 Å². The number of thiophene rings is 1. The van der Waals surface area contributed by atoms with Gasteiger partial charge in [0.1, 0.15) is 0 Å². The highest BCUT2D eigenvalue weighted by Gasteiger charge is 2.04. The number of likely N-dealkylation sites (N-methyl/N-ethyl adjacent to an activating group) is 2. The van der Waals surface area contributed by atoms with Crippen LogP contribution in [0.25, 0.3) is 10.1 Å². The highest BCUT2D eigenvalue weighted by Crippen LogP contribution is 2.25. The average Bonchev–Trinajstić information content (AvgIpc) is 2.77. The fourth-order valence-corrected chi connectivity index (χ4v) is 2.95. The minimum absolute atomic E-state index is 1.06. The summed E-state index contributed by atoms with van der Waals surface area (Å²) in [7, 11) is 4.19. The number of nitrogens with zero attached hydrogens (tertiary/aromatic N) is 1. The maximum absolute atomic E-state index is 3.18. The van der Waals surface area contributed by atoms with E-state index in [9.17, 15) is 0 Å². The molecule has 2 aromatic rings. The molecule has 0 aliphatic carbocycles. The predicted octanol–water partition coefficient (Wildman–Crippen LogP) is 2.60. The van der Waals surface area contributed by atoms with E-state index in [0.29, 0.717) is 0 Å². The number of hydrogen-bond acceptors (Lipinski definition) is 3. The second-order valence-corrected chi connectivity index (χ2v) is 5.33. The molecule has 0 amide bonds. The van der Waals surface area contributed by atoms with Gasteiger partial charge in [-0.15, -0.1) is 11.3 Å². The number of rotatable bonds is 6. The van der Waals surface area contributed by atoms with Crippen LogP contribution in [0.15, 0.2) is 29.6 Å². The minimum atomic E-state index is 1.06. The van der Waals surface area contributed by atoms with E-state index >= 15 is 0 Å². The highest BCUT2D eigenvalue weighted by molar-refractivity contribution is 7.17. The average molecular weight is 248 g/mol. The first-order valence-electron chi connectivity index (χ1n) is 6.09. The van der Waals surface area contributed by atoms with Crippen molar-refractivity contribution >= 4 is 21.4 Å². The van der Waals surface area contributed by atoms with Gasteiger partial charge in [-0.05, 0) is 42.9 Å². The molecule has 0 spiro atoms. The Morgan fingerprint density at radius 2 is 2.06 bits per heavy atom. The minimum Gasteiger partial charge on any atom is -0.318 e. The third kappa shape index (κ3) is 3.28. The normalized spacial score (nSPS) is 11.5. The maximum atomic E-state index is 3.18. The largest absolute Gasteiger partial charge is 0.318 e. The van der Waals surface area contributed by atoms with Crippen LogP contribution in [-0.2, 0) is 6.42 Å². The summed E-state index contributed by atoms with van der Waals surface area (Å²) < 4.78 is 1.40. The first-order chi connectivity index (χ1) is 8.31. The monoisotopic (exact) mass is 248 g/mol. The summed E-state index contributed by atoms with van der Waals surface area (Å²) in [5.41, 5.74) is 1.49. The standard InChI is InChI=1S/C14H20N2S/c1-15-8-10-16(2)9-7-12-11-17-14-6-4-3-5-13(12)14/h3-6,11,15H,7-10H2,1-2H3. The predicted molar refractivity (Wildman–Crippen MR) is 77.0 cm³/mol. The molecule has 0 unspecified atom stereocenters. The van der Waals surface area contributed by atoms with Gasteiger partial charge in [0.15, 0.2) is 0 Å². The summed E-state index contributed by atoms with van der Waals surface area (Å²) in [4.78, 5) is 2.38. The van der Waals surface area contributed by atoms with Gasteiger partial charge in [0.05, 0.1) is 0 Å². The van der Waals surface area contributed by atoms with Gasteiger partial charge in [-0.2, -0.15) is 0 Å². The van der Waals surface area contributed by atoms with Crippen LogP contribution in [0.3, 0.4) is 0 Å². The van der Waals surface area contributed by atoms with Crippen LogP contribution < -0.4 is 5.32 Å². The van der Waals surface area contributed by atoms with Crippen molar-refractivity contribution in [2.45, 2.75) is 6.42 Å². The third-order valence-electron chi connectivity index (χ3n) is 3.07. The Morgan fingerprint density at radius 1 is 1.24 bits per heavy atom. The molecule has 1 N–H and O–H groups in total. The molecule has 1 heterocycles. The lowest BCUT2D eigenvalue weighted by Crippen LogP contribution is -2.28. The van der Waals surface area contributed by atoms with Gasteiger partial charge in [0.2, 0.25) is 0 Å². The Bertz CT molecular complexity index is 464. The molecule has 0 aliphatic rings. The highest BCUT2D eigenvalue weighted by atomic mass is 32.1. The molecule has 0 aliphatic heterocycles. The van der Waals surface area contributed by atoms with Crippen molar-refractivity contribution in [3.63, 3.8) is 0 Å². The van der Waals surface area contributed by atoms with E-state index in [2.05, 4.69) is 46.9 Å². The summed E-state index contributed by atoms with van der Waals surface area (Å²) in [6.07, 6.45) is 1.14. The molecule has 92 valence electrons. The lowest BCUT2D eigenvalue weighted by Gasteiger charge is -2.15. The smallest absolute Gasteiger partial charge is 0.0345 e. The summed E-state index contributed by atoms with van der Waals surface area (Å²) in [5, 5.41) is 6.91. The zero-order valence-electron chi connectivity index (χ0n) is 10.6. The van der Waals surface area contributed by atoms with Crippen LogP contribution in [0.2, 0.25) is 0 Å². The Morgan fingerprint density at radius 3 is 2.88 bits per heavy atom. The molecule has 1 aromatic carbocycles. The zero-order valence-corrected chi connectivity index (χ0v) is 11.4.